The lowest BCUT2D eigenvalue weighted by Crippen LogP contribution is -2.30. The first-order chi connectivity index (χ1) is 16.0. The molecule has 4 rings (SSSR count). The maximum Gasteiger partial charge on any atom is 0.407 e. The average Bonchev–Trinajstić information content (AvgIpc) is 3.16. The molecule has 0 bridgehead atoms. The van der Waals surface area contributed by atoms with Crippen LogP contribution < -0.4 is 10.1 Å². The number of nitrogens with one attached hydrogen (secondary N) is 1. The Kier molecular flexibility index (Phi) is 7.08. The van der Waals surface area contributed by atoms with Crippen LogP contribution in [0.25, 0.3) is 11.1 Å². The van der Waals surface area contributed by atoms with E-state index in [9.17, 15) is 15.0 Å². The minimum absolute atomic E-state index is 0.0331. The Labute approximate surface area is 196 Å². The molecule has 1 heterocycles. The molecule has 1 amide bonds. The summed E-state index contributed by atoms with van der Waals surface area (Å²) < 4.78 is 10.5. The number of carbonyl (C=O) groups is 1. The second-order valence-electron chi connectivity index (χ2n) is 7.66. The van der Waals surface area contributed by atoms with Crippen molar-refractivity contribution < 1.29 is 24.5 Å². The lowest BCUT2D eigenvalue weighted by atomic mass is 9.98. The summed E-state index contributed by atoms with van der Waals surface area (Å²) in [5, 5.41) is 23.3. The molecule has 2 atom stereocenters. The van der Waals surface area contributed by atoms with Gasteiger partial charge in [-0.15, -0.1) is 0 Å². The van der Waals surface area contributed by atoms with Crippen molar-refractivity contribution in [3.63, 3.8) is 0 Å². The van der Waals surface area contributed by atoms with Crippen LogP contribution >= 0.6 is 11.6 Å². The molecule has 0 spiro atoms. The SMILES string of the molecule is COc1nc(Cl)ncc1C(O)C(O)CCNC(=O)OCC1c2ccccc2-c2ccccc21. The summed E-state index contributed by atoms with van der Waals surface area (Å²) in [6, 6.07) is 16.2. The second-order valence-corrected chi connectivity index (χ2v) is 7.99. The lowest BCUT2D eigenvalue weighted by Gasteiger charge is -2.19. The molecule has 2 unspecified atom stereocenters. The molecule has 172 valence electrons. The van der Waals surface area contributed by atoms with Crippen LogP contribution in [0.2, 0.25) is 5.28 Å². The van der Waals surface area contributed by atoms with Crippen LogP contribution in [0.15, 0.2) is 54.7 Å². The third-order valence-electron chi connectivity index (χ3n) is 5.68. The van der Waals surface area contributed by atoms with Gasteiger partial charge in [0.25, 0.3) is 0 Å². The zero-order valence-electron chi connectivity index (χ0n) is 17.9. The summed E-state index contributed by atoms with van der Waals surface area (Å²) in [4.78, 5) is 19.9. The first-order valence-corrected chi connectivity index (χ1v) is 10.9. The Morgan fingerprint density at radius 2 is 1.76 bits per heavy atom. The number of aliphatic hydroxyl groups excluding tert-OH is 2. The fourth-order valence-corrected chi connectivity index (χ4v) is 4.18. The molecule has 0 saturated carbocycles. The van der Waals surface area contributed by atoms with Gasteiger partial charge in [-0.05, 0) is 40.3 Å². The van der Waals surface area contributed by atoms with E-state index in [1.165, 1.54) is 13.3 Å². The number of nitrogens with zero attached hydrogens (tertiary/aromatic N) is 2. The average molecular weight is 470 g/mol. The number of fused-ring (bicyclic) bond motifs is 3. The second kappa shape index (κ2) is 10.2. The third kappa shape index (κ3) is 4.93. The number of carbonyl (C=O) groups excluding carboxylic acids is 1. The van der Waals surface area contributed by atoms with Crippen LogP contribution in [0.3, 0.4) is 0 Å². The van der Waals surface area contributed by atoms with E-state index in [4.69, 9.17) is 21.1 Å². The monoisotopic (exact) mass is 469 g/mol. The van der Waals surface area contributed by atoms with Crippen LogP contribution in [-0.2, 0) is 4.74 Å². The zero-order valence-corrected chi connectivity index (χ0v) is 18.7. The lowest BCUT2D eigenvalue weighted by molar-refractivity contribution is 0.0118. The number of amides is 1. The highest BCUT2D eigenvalue weighted by Crippen LogP contribution is 2.44. The van der Waals surface area contributed by atoms with Gasteiger partial charge in [0.1, 0.15) is 12.7 Å². The number of hydrogen-bond acceptors (Lipinski definition) is 7. The Morgan fingerprint density at radius 3 is 2.39 bits per heavy atom. The molecule has 8 nitrogen and oxygen atoms in total. The zero-order chi connectivity index (χ0) is 23.4. The highest BCUT2D eigenvalue weighted by atomic mass is 35.5. The van der Waals surface area contributed by atoms with Crippen molar-refractivity contribution in [3.05, 3.63) is 76.7 Å². The van der Waals surface area contributed by atoms with Gasteiger partial charge in [0, 0.05) is 18.7 Å². The van der Waals surface area contributed by atoms with Crippen molar-refractivity contribution in [2.75, 3.05) is 20.3 Å². The van der Waals surface area contributed by atoms with E-state index < -0.39 is 18.3 Å². The van der Waals surface area contributed by atoms with E-state index in [1.807, 2.05) is 36.4 Å². The van der Waals surface area contributed by atoms with Crippen molar-refractivity contribution in [2.45, 2.75) is 24.5 Å². The summed E-state index contributed by atoms with van der Waals surface area (Å²) in [7, 11) is 1.37. The van der Waals surface area contributed by atoms with Crippen molar-refractivity contribution in [1.29, 1.82) is 0 Å². The molecular formula is C24H24ClN3O5. The number of benzene rings is 2. The number of ether oxygens (including phenoxy) is 2. The molecular weight excluding hydrogens is 446 g/mol. The van der Waals surface area contributed by atoms with E-state index in [0.29, 0.717) is 0 Å². The quantitative estimate of drug-likeness (QED) is 0.433. The van der Waals surface area contributed by atoms with Crippen LogP contribution in [0.5, 0.6) is 5.88 Å². The maximum absolute atomic E-state index is 12.3. The Morgan fingerprint density at radius 1 is 1.12 bits per heavy atom. The van der Waals surface area contributed by atoms with Gasteiger partial charge in [-0.25, -0.2) is 9.78 Å². The summed E-state index contributed by atoms with van der Waals surface area (Å²) >= 11 is 5.72. The standard InChI is InChI=1S/C24H24ClN3O5/c1-32-22-18(12-27-23(25)28-22)21(30)20(29)10-11-26-24(31)33-13-19-16-8-4-2-6-14(16)15-7-3-5-9-17(15)19/h2-9,12,19-21,29-30H,10-11,13H2,1H3,(H,26,31). The van der Waals surface area contributed by atoms with Crippen LogP contribution in [0.1, 0.15) is 35.1 Å². The summed E-state index contributed by atoms with van der Waals surface area (Å²) in [5.74, 6) is 0.0407. The van der Waals surface area contributed by atoms with Gasteiger partial charge in [0.2, 0.25) is 11.2 Å². The number of halogens is 1. The van der Waals surface area contributed by atoms with Crippen LogP contribution in [0, 0.1) is 0 Å². The molecule has 3 aromatic rings. The van der Waals surface area contributed by atoms with Crippen LogP contribution in [-0.4, -0.2) is 52.6 Å². The summed E-state index contributed by atoms with van der Waals surface area (Å²) in [6.07, 6.45) is -1.71. The minimum atomic E-state index is -1.30. The van der Waals surface area contributed by atoms with Gasteiger partial charge in [0.15, 0.2) is 0 Å². The predicted octanol–water partition coefficient (Wildman–Crippen LogP) is 3.46. The molecule has 33 heavy (non-hydrogen) atoms. The third-order valence-corrected chi connectivity index (χ3v) is 5.86. The fraction of sp³-hybridized carbons (Fsp3) is 0.292. The topological polar surface area (TPSA) is 114 Å². The van der Waals surface area contributed by atoms with E-state index in [-0.39, 0.29) is 42.2 Å². The normalized spacial score (nSPS) is 14.2. The molecule has 9 heteroatoms. The fourth-order valence-electron chi connectivity index (χ4n) is 4.06. The van der Waals surface area contributed by atoms with Gasteiger partial charge in [0.05, 0.1) is 18.8 Å². The Bertz CT molecular complexity index is 1100. The number of aliphatic hydroxyl groups is 2. The van der Waals surface area contributed by atoms with Gasteiger partial charge in [-0.3, -0.25) is 0 Å². The molecule has 1 aliphatic rings. The van der Waals surface area contributed by atoms with E-state index in [2.05, 4.69) is 27.4 Å². The summed E-state index contributed by atoms with van der Waals surface area (Å²) in [6.45, 7) is 0.302. The largest absolute Gasteiger partial charge is 0.481 e. The molecule has 1 aromatic heterocycles. The number of hydrogen-bond donors (Lipinski definition) is 3. The minimum Gasteiger partial charge on any atom is -0.481 e. The van der Waals surface area contributed by atoms with Crippen molar-refractivity contribution >= 4 is 17.7 Å². The van der Waals surface area contributed by atoms with Gasteiger partial charge in [-0.2, -0.15) is 4.98 Å². The Hall–Kier alpha value is -3.20. The first kappa shape index (κ1) is 23.0. The highest BCUT2D eigenvalue weighted by molar-refractivity contribution is 6.28. The first-order valence-electron chi connectivity index (χ1n) is 10.5. The molecule has 0 saturated heterocycles. The number of methoxy groups -OCH3 is 1. The number of aromatic nitrogens is 2. The van der Waals surface area contributed by atoms with Crippen molar-refractivity contribution in [1.82, 2.24) is 15.3 Å². The van der Waals surface area contributed by atoms with Gasteiger partial charge in [-0.1, -0.05) is 48.5 Å². The van der Waals surface area contributed by atoms with Gasteiger partial charge < -0.3 is 25.0 Å². The molecule has 0 radical (unpaired) electrons. The van der Waals surface area contributed by atoms with Crippen molar-refractivity contribution in [2.24, 2.45) is 0 Å². The maximum atomic E-state index is 12.3. The molecule has 0 fully saturated rings. The predicted molar refractivity (Wildman–Crippen MR) is 122 cm³/mol. The van der Waals surface area contributed by atoms with E-state index in [0.717, 1.165) is 22.3 Å². The number of alkyl carbamates (subject to hydrolysis) is 1. The van der Waals surface area contributed by atoms with E-state index >= 15 is 0 Å². The molecule has 2 aromatic carbocycles. The van der Waals surface area contributed by atoms with Gasteiger partial charge >= 0.3 is 6.09 Å². The Balaban J connectivity index is 1.29. The molecule has 1 aliphatic carbocycles. The van der Waals surface area contributed by atoms with Crippen LogP contribution in [0.4, 0.5) is 4.79 Å². The smallest absolute Gasteiger partial charge is 0.407 e. The highest BCUT2D eigenvalue weighted by Gasteiger charge is 2.29. The van der Waals surface area contributed by atoms with Crippen molar-refractivity contribution in [3.8, 4) is 17.0 Å². The molecule has 0 aliphatic heterocycles. The summed E-state index contributed by atoms with van der Waals surface area (Å²) in [5.41, 5.74) is 4.77. The van der Waals surface area contributed by atoms with E-state index in [1.54, 1.807) is 0 Å². The number of rotatable bonds is 8. The molecule has 3 N–H and O–H groups in total.